The molecular formula is C14H20ClN5. The maximum atomic E-state index is 6.01. The smallest absolute Gasteiger partial charge is 0.226 e. The molecule has 20 heavy (non-hydrogen) atoms. The lowest BCUT2D eigenvalue weighted by molar-refractivity contribution is 0.222. The Kier molecular flexibility index (Phi) is 3.32. The van der Waals surface area contributed by atoms with Gasteiger partial charge in [0.1, 0.15) is 5.52 Å². The standard InChI is InChI=1S/C14H20ClN5/c1-14(2)6-4-9(5-7-14)20(3)12-10-11(17-8-16-10)18-13(15)19-12/h8-9H,4-7H2,1-3H3,(H,16,17,18,19). The van der Waals surface area contributed by atoms with E-state index in [2.05, 4.69) is 45.7 Å². The number of nitrogens with zero attached hydrogens (tertiary/aromatic N) is 4. The van der Waals surface area contributed by atoms with Crippen molar-refractivity contribution in [1.82, 2.24) is 19.9 Å². The molecule has 2 aromatic rings. The van der Waals surface area contributed by atoms with E-state index in [1.807, 2.05) is 0 Å². The molecule has 1 aliphatic rings. The van der Waals surface area contributed by atoms with Crippen molar-refractivity contribution in [2.75, 3.05) is 11.9 Å². The zero-order valence-corrected chi connectivity index (χ0v) is 12.9. The van der Waals surface area contributed by atoms with Crippen LogP contribution in [0.4, 0.5) is 5.82 Å². The van der Waals surface area contributed by atoms with Crippen molar-refractivity contribution in [2.24, 2.45) is 5.41 Å². The van der Waals surface area contributed by atoms with E-state index < -0.39 is 0 Å². The third kappa shape index (κ3) is 2.46. The first-order valence-electron chi connectivity index (χ1n) is 7.06. The maximum Gasteiger partial charge on any atom is 0.226 e. The molecule has 5 nitrogen and oxygen atoms in total. The largest absolute Gasteiger partial charge is 0.355 e. The van der Waals surface area contributed by atoms with Gasteiger partial charge in [-0.3, -0.25) is 0 Å². The summed E-state index contributed by atoms with van der Waals surface area (Å²) < 4.78 is 0. The summed E-state index contributed by atoms with van der Waals surface area (Å²) in [6.45, 7) is 4.69. The van der Waals surface area contributed by atoms with Gasteiger partial charge in [0.05, 0.1) is 6.33 Å². The van der Waals surface area contributed by atoms with E-state index in [1.165, 1.54) is 25.7 Å². The number of rotatable bonds is 2. The van der Waals surface area contributed by atoms with Gasteiger partial charge in [0.2, 0.25) is 5.28 Å². The van der Waals surface area contributed by atoms with Crippen molar-refractivity contribution in [3.63, 3.8) is 0 Å². The van der Waals surface area contributed by atoms with Gasteiger partial charge in [0.25, 0.3) is 0 Å². The molecule has 0 atom stereocenters. The number of anilines is 1. The molecular weight excluding hydrogens is 274 g/mol. The summed E-state index contributed by atoms with van der Waals surface area (Å²) >= 11 is 6.01. The SMILES string of the molecule is CN(c1nc(Cl)nc2nc[nH]c12)C1CCC(C)(C)CC1. The molecule has 0 radical (unpaired) electrons. The highest BCUT2D eigenvalue weighted by molar-refractivity contribution is 6.28. The molecule has 0 bridgehead atoms. The molecule has 1 fully saturated rings. The van der Waals surface area contributed by atoms with Crippen LogP contribution in [0.2, 0.25) is 5.28 Å². The predicted octanol–water partition coefficient (Wildman–Crippen LogP) is 3.41. The van der Waals surface area contributed by atoms with Gasteiger partial charge in [-0.2, -0.15) is 9.97 Å². The fourth-order valence-corrected chi connectivity index (χ4v) is 3.15. The number of H-pyrrole nitrogens is 1. The number of aromatic nitrogens is 4. The van der Waals surface area contributed by atoms with E-state index in [0.29, 0.717) is 17.1 Å². The van der Waals surface area contributed by atoms with Crippen molar-refractivity contribution in [3.05, 3.63) is 11.6 Å². The Morgan fingerprint density at radius 3 is 2.70 bits per heavy atom. The fourth-order valence-electron chi connectivity index (χ4n) is 2.99. The van der Waals surface area contributed by atoms with Crippen molar-refractivity contribution >= 4 is 28.6 Å². The summed E-state index contributed by atoms with van der Waals surface area (Å²) in [5, 5.41) is 0.252. The molecule has 108 valence electrons. The Morgan fingerprint density at radius 1 is 1.30 bits per heavy atom. The summed E-state index contributed by atoms with van der Waals surface area (Å²) in [5.74, 6) is 0.849. The van der Waals surface area contributed by atoms with Gasteiger partial charge in [0, 0.05) is 13.1 Å². The second-order valence-electron chi connectivity index (χ2n) is 6.42. The maximum absolute atomic E-state index is 6.01. The fraction of sp³-hybridized carbons (Fsp3) is 0.643. The first-order chi connectivity index (χ1) is 9.46. The minimum absolute atomic E-state index is 0.252. The number of fused-ring (bicyclic) bond motifs is 1. The molecule has 3 rings (SSSR count). The topological polar surface area (TPSA) is 57.7 Å². The van der Waals surface area contributed by atoms with Crippen LogP contribution in [-0.2, 0) is 0 Å². The summed E-state index contributed by atoms with van der Waals surface area (Å²) in [6.07, 6.45) is 6.48. The van der Waals surface area contributed by atoms with Crippen LogP contribution in [0.15, 0.2) is 6.33 Å². The molecule has 1 aliphatic carbocycles. The Balaban J connectivity index is 1.89. The Labute approximate surface area is 123 Å². The zero-order valence-electron chi connectivity index (χ0n) is 12.1. The number of nitrogens with one attached hydrogen (secondary N) is 1. The quantitative estimate of drug-likeness (QED) is 0.862. The number of hydrogen-bond acceptors (Lipinski definition) is 4. The molecule has 2 aromatic heterocycles. The number of aromatic amines is 1. The molecule has 0 unspecified atom stereocenters. The molecule has 0 saturated heterocycles. The van der Waals surface area contributed by atoms with Crippen molar-refractivity contribution < 1.29 is 0 Å². The van der Waals surface area contributed by atoms with E-state index in [0.717, 1.165) is 11.3 Å². The molecule has 0 aliphatic heterocycles. The molecule has 1 saturated carbocycles. The van der Waals surface area contributed by atoms with Crippen LogP contribution in [0, 0.1) is 5.41 Å². The van der Waals surface area contributed by atoms with Gasteiger partial charge in [-0.25, -0.2) is 4.98 Å². The summed E-state index contributed by atoms with van der Waals surface area (Å²) in [5.41, 5.74) is 1.95. The third-order valence-electron chi connectivity index (χ3n) is 4.43. The van der Waals surface area contributed by atoms with E-state index >= 15 is 0 Å². The first-order valence-corrected chi connectivity index (χ1v) is 7.43. The highest BCUT2D eigenvalue weighted by atomic mass is 35.5. The van der Waals surface area contributed by atoms with Gasteiger partial charge in [-0.15, -0.1) is 0 Å². The Hall–Kier alpha value is -1.36. The lowest BCUT2D eigenvalue weighted by atomic mass is 9.75. The van der Waals surface area contributed by atoms with Crippen LogP contribution >= 0.6 is 11.6 Å². The lowest BCUT2D eigenvalue weighted by Crippen LogP contribution is -2.37. The van der Waals surface area contributed by atoms with Crippen molar-refractivity contribution in [1.29, 1.82) is 0 Å². The normalized spacial score (nSPS) is 19.4. The van der Waals surface area contributed by atoms with Crippen LogP contribution in [0.5, 0.6) is 0 Å². The summed E-state index contributed by atoms with van der Waals surface area (Å²) in [6, 6.07) is 0.500. The van der Waals surface area contributed by atoms with Crippen LogP contribution in [0.1, 0.15) is 39.5 Å². The highest BCUT2D eigenvalue weighted by Crippen LogP contribution is 2.38. The minimum atomic E-state index is 0.252. The van der Waals surface area contributed by atoms with E-state index in [1.54, 1.807) is 6.33 Å². The van der Waals surface area contributed by atoms with Crippen LogP contribution in [0.25, 0.3) is 11.2 Å². The van der Waals surface area contributed by atoms with Crippen LogP contribution in [-0.4, -0.2) is 33.0 Å². The second-order valence-corrected chi connectivity index (χ2v) is 6.76. The Morgan fingerprint density at radius 2 is 2.00 bits per heavy atom. The van der Waals surface area contributed by atoms with Gasteiger partial charge in [0.15, 0.2) is 11.5 Å². The second kappa shape index (κ2) is 4.88. The van der Waals surface area contributed by atoms with E-state index in [9.17, 15) is 0 Å². The van der Waals surface area contributed by atoms with E-state index in [-0.39, 0.29) is 5.28 Å². The minimum Gasteiger partial charge on any atom is -0.355 e. The zero-order chi connectivity index (χ0) is 14.3. The molecule has 2 heterocycles. The van der Waals surface area contributed by atoms with Gasteiger partial charge < -0.3 is 9.88 Å². The lowest BCUT2D eigenvalue weighted by Gasteiger charge is -2.39. The predicted molar refractivity (Wildman–Crippen MR) is 81.1 cm³/mol. The molecule has 0 aromatic carbocycles. The van der Waals surface area contributed by atoms with Gasteiger partial charge >= 0.3 is 0 Å². The summed E-state index contributed by atoms with van der Waals surface area (Å²) in [7, 11) is 2.09. The van der Waals surface area contributed by atoms with Crippen molar-refractivity contribution in [2.45, 2.75) is 45.6 Å². The van der Waals surface area contributed by atoms with Crippen molar-refractivity contribution in [3.8, 4) is 0 Å². The number of halogens is 1. The van der Waals surface area contributed by atoms with Gasteiger partial charge in [-0.05, 0) is 42.7 Å². The number of imidazole rings is 1. The molecule has 6 heteroatoms. The average Bonchev–Trinajstić information content (AvgIpc) is 2.85. The third-order valence-corrected chi connectivity index (χ3v) is 4.60. The number of hydrogen-bond donors (Lipinski definition) is 1. The first kappa shape index (κ1) is 13.6. The van der Waals surface area contributed by atoms with Crippen LogP contribution < -0.4 is 4.90 Å². The monoisotopic (exact) mass is 293 g/mol. The van der Waals surface area contributed by atoms with Gasteiger partial charge in [-0.1, -0.05) is 13.8 Å². The highest BCUT2D eigenvalue weighted by Gasteiger charge is 2.30. The van der Waals surface area contributed by atoms with Crippen LogP contribution in [0.3, 0.4) is 0 Å². The molecule has 0 amide bonds. The molecule has 0 spiro atoms. The van der Waals surface area contributed by atoms with E-state index in [4.69, 9.17) is 11.6 Å². The Bertz CT molecular complexity index is 611. The average molecular weight is 294 g/mol. The summed E-state index contributed by atoms with van der Waals surface area (Å²) in [4.78, 5) is 18.0. The molecule has 1 N–H and O–H groups in total.